The summed E-state index contributed by atoms with van der Waals surface area (Å²) in [5, 5.41) is 3.56. The molecular weight excluding hydrogens is 220 g/mol. The molecule has 1 saturated heterocycles. The van der Waals surface area contributed by atoms with Crippen LogP contribution in [0, 0.1) is 0 Å². The van der Waals surface area contributed by atoms with Crippen LogP contribution in [0.1, 0.15) is 38.7 Å². The van der Waals surface area contributed by atoms with Gasteiger partial charge in [-0.15, -0.1) is 0 Å². The number of nitrogens with zero attached hydrogens (tertiary/aromatic N) is 1. The van der Waals surface area contributed by atoms with Crippen molar-refractivity contribution >= 4 is 5.69 Å². The molecule has 3 atom stereocenters. The zero-order valence-electron chi connectivity index (χ0n) is 11.5. The van der Waals surface area contributed by atoms with Crippen LogP contribution < -0.4 is 10.2 Å². The summed E-state index contributed by atoms with van der Waals surface area (Å²) in [4.78, 5) is 2.70. The van der Waals surface area contributed by atoms with Crippen molar-refractivity contribution in [3.63, 3.8) is 0 Å². The molecule has 1 fully saturated rings. The van der Waals surface area contributed by atoms with E-state index in [-0.39, 0.29) is 0 Å². The summed E-state index contributed by atoms with van der Waals surface area (Å²) in [6.07, 6.45) is 5.10. The van der Waals surface area contributed by atoms with Gasteiger partial charge in [0.1, 0.15) is 0 Å². The van der Waals surface area contributed by atoms with E-state index in [4.69, 9.17) is 0 Å². The lowest BCUT2D eigenvalue weighted by Crippen LogP contribution is -2.51. The van der Waals surface area contributed by atoms with Crippen molar-refractivity contribution in [2.75, 3.05) is 11.4 Å². The van der Waals surface area contributed by atoms with E-state index in [1.165, 1.54) is 31.4 Å². The van der Waals surface area contributed by atoms with E-state index < -0.39 is 0 Å². The van der Waals surface area contributed by atoms with Gasteiger partial charge in [0.25, 0.3) is 0 Å². The molecule has 2 aliphatic rings. The van der Waals surface area contributed by atoms with Crippen LogP contribution in [-0.4, -0.2) is 24.7 Å². The van der Waals surface area contributed by atoms with Crippen LogP contribution in [0.4, 0.5) is 5.69 Å². The van der Waals surface area contributed by atoms with Gasteiger partial charge in [0.15, 0.2) is 0 Å². The Bertz CT molecular complexity index is 415. The molecule has 0 radical (unpaired) electrons. The average Bonchev–Trinajstić information content (AvgIpc) is 2.38. The Hall–Kier alpha value is -1.02. The molecule has 2 heteroatoms. The van der Waals surface area contributed by atoms with E-state index in [9.17, 15) is 0 Å². The highest BCUT2D eigenvalue weighted by Crippen LogP contribution is 2.34. The summed E-state index contributed by atoms with van der Waals surface area (Å²) in [5.74, 6) is 0. The molecule has 2 nitrogen and oxygen atoms in total. The number of hydrogen-bond acceptors (Lipinski definition) is 2. The van der Waals surface area contributed by atoms with Gasteiger partial charge >= 0.3 is 0 Å². The minimum atomic E-state index is 0.657. The Labute approximate surface area is 110 Å². The third kappa shape index (κ3) is 2.14. The fraction of sp³-hybridized carbons (Fsp3) is 0.625. The predicted molar refractivity (Wildman–Crippen MR) is 77.2 cm³/mol. The van der Waals surface area contributed by atoms with Gasteiger partial charge in [-0.2, -0.15) is 0 Å². The van der Waals surface area contributed by atoms with E-state index >= 15 is 0 Å². The van der Waals surface area contributed by atoms with Gasteiger partial charge in [-0.25, -0.2) is 0 Å². The van der Waals surface area contributed by atoms with Crippen molar-refractivity contribution in [1.82, 2.24) is 5.32 Å². The largest absolute Gasteiger partial charge is 0.365 e. The molecule has 0 aromatic heterocycles. The van der Waals surface area contributed by atoms with E-state index in [1.54, 1.807) is 5.56 Å². The molecule has 1 N–H and O–H groups in total. The minimum Gasteiger partial charge on any atom is -0.365 e. The normalized spacial score (nSPS) is 32.1. The Morgan fingerprint density at radius 3 is 2.83 bits per heavy atom. The van der Waals surface area contributed by atoms with Crippen molar-refractivity contribution in [3.8, 4) is 0 Å². The lowest BCUT2D eigenvalue weighted by atomic mass is 9.90. The van der Waals surface area contributed by atoms with Gasteiger partial charge in [0, 0.05) is 23.8 Å². The minimum absolute atomic E-state index is 0.657. The van der Waals surface area contributed by atoms with Crippen LogP contribution in [0.25, 0.3) is 0 Å². The number of fused-ring (bicyclic) bond motifs is 1. The van der Waals surface area contributed by atoms with E-state index in [0.717, 1.165) is 12.6 Å². The van der Waals surface area contributed by atoms with Gasteiger partial charge in [-0.1, -0.05) is 18.2 Å². The standard InChI is InChI=1S/C16H24N2/c1-12-11-15(9-10-17-12)18-13(2)7-8-14-5-3-4-6-16(14)18/h3-6,12-13,15,17H,7-11H2,1-2H3. The molecule has 0 amide bonds. The number of benzene rings is 1. The Balaban J connectivity index is 1.90. The number of para-hydroxylation sites is 1. The lowest BCUT2D eigenvalue weighted by molar-refractivity contribution is 0.340. The predicted octanol–water partition coefficient (Wildman–Crippen LogP) is 2.97. The molecule has 2 heterocycles. The summed E-state index contributed by atoms with van der Waals surface area (Å²) in [6.45, 7) is 5.87. The maximum absolute atomic E-state index is 3.56. The zero-order valence-corrected chi connectivity index (χ0v) is 11.5. The molecule has 1 aromatic rings. The van der Waals surface area contributed by atoms with Crippen molar-refractivity contribution in [2.45, 2.75) is 57.7 Å². The molecule has 98 valence electrons. The van der Waals surface area contributed by atoms with Gasteiger partial charge in [-0.05, 0) is 57.7 Å². The first-order chi connectivity index (χ1) is 8.75. The highest BCUT2D eigenvalue weighted by Gasteiger charge is 2.31. The number of piperidine rings is 1. The SMILES string of the molecule is CC1CC(N2c3ccccc3CCC2C)CCN1. The Morgan fingerprint density at radius 2 is 2.00 bits per heavy atom. The monoisotopic (exact) mass is 244 g/mol. The number of aryl methyl sites for hydroxylation is 1. The molecule has 18 heavy (non-hydrogen) atoms. The van der Waals surface area contributed by atoms with Crippen molar-refractivity contribution < 1.29 is 0 Å². The summed E-state index contributed by atoms with van der Waals surface area (Å²) < 4.78 is 0. The highest BCUT2D eigenvalue weighted by molar-refractivity contribution is 5.57. The molecule has 0 spiro atoms. The average molecular weight is 244 g/mol. The van der Waals surface area contributed by atoms with Gasteiger partial charge in [0.2, 0.25) is 0 Å². The van der Waals surface area contributed by atoms with Crippen LogP contribution >= 0.6 is 0 Å². The second-order valence-electron chi connectivity index (χ2n) is 5.96. The van der Waals surface area contributed by atoms with E-state index in [1.807, 2.05) is 0 Å². The van der Waals surface area contributed by atoms with Crippen molar-refractivity contribution in [2.24, 2.45) is 0 Å². The first-order valence-electron chi connectivity index (χ1n) is 7.35. The number of nitrogens with one attached hydrogen (secondary N) is 1. The van der Waals surface area contributed by atoms with Crippen LogP contribution in [0.15, 0.2) is 24.3 Å². The number of hydrogen-bond donors (Lipinski definition) is 1. The van der Waals surface area contributed by atoms with Gasteiger partial charge < -0.3 is 10.2 Å². The van der Waals surface area contributed by atoms with E-state index in [2.05, 4.69) is 48.3 Å². The third-order valence-corrected chi connectivity index (χ3v) is 4.57. The molecule has 0 aliphatic carbocycles. The Morgan fingerprint density at radius 1 is 1.17 bits per heavy atom. The van der Waals surface area contributed by atoms with Gasteiger partial charge in [0.05, 0.1) is 0 Å². The molecule has 0 bridgehead atoms. The van der Waals surface area contributed by atoms with Crippen molar-refractivity contribution in [1.29, 1.82) is 0 Å². The first kappa shape index (κ1) is 12.0. The topological polar surface area (TPSA) is 15.3 Å². The summed E-state index contributed by atoms with van der Waals surface area (Å²) >= 11 is 0. The van der Waals surface area contributed by atoms with E-state index in [0.29, 0.717) is 12.1 Å². The second-order valence-corrected chi connectivity index (χ2v) is 5.96. The highest BCUT2D eigenvalue weighted by atomic mass is 15.2. The maximum Gasteiger partial charge on any atom is 0.0403 e. The molecule has 0 saturated carbocycles. The zero-order chi connectivity index (χ0) is 12.5. The number of rotatable bonds is 1. The smallest absolute Gasteiger partial charge is 0.0403 e. The Kier molecular flexibility index (Phi) is 3.29. The van der Waals surface area contributed by atoms with Crippen LogP contribution in [0.5, 0.6) is 0 Å². The van der Waals surface area contributed by atoms with Crippen LogP contribution in [0.2, 0.25) is 0 Å². The summed E-state index contributed by atoms with van der Waals surface area (Å²) in [6, 6.07) is 11.1. The van der Waals surface area contributed by atoms with Gasteiger partial charge in [-0.3, -0.25) is 0 Å². The molecule has 1 aromatic carbocycles. The first-order valence-corrected chi connectivity index (χ1v) is 7.35. The third-order valence-electron chi connectivity index (χ3n) is 4.57. The maximum atomic E-state index is 3.56. The molecule has 3 rings (SSSR count). The lowest BCUT2D eigenvalue weighted by Gasteiger charge is -2.45. The molecular formula is C16H24N2. The molecule has 2 aliphatic heterocycles. The van der Waals surface area contributed by atoms with Crippen LogP contribution in [0.3, 0.4) is 0 Å². The summed E-state index contributed by atoms with van der Waals surface area (Å²) in [5.41, 5.74) is 3.04. The quantitative estimate of drug-likeness (QED) is 0.817. The fourth-order valence-corrected chi connectivity index (χ4v) is 3.63. The van der Waals surface area contributed by atoms with Crippen LogP contribution in [-0.2, 0) is 6.42 Å². The van der Waals surface area contributed by atoms with Crippen molar-refractivity contribution in [3.05, 3.63) is 29.8 Å². The fourth-order valence-electron chi connectivity index (χ4n) is 3.63. The summed E-state index contributed by atoms with van der Waals surface area (Å²) in [7, 11) is 0. The number of anilines is 1. The second kappa shape index (κ2) is 4.93. The molecule has 3 unspecified atom stereocenters.